The number of rotatable bonds is 6. The summed E-state index contributed by atoms with van der Waals surface area (Å²) in [6.45, 7) is 0. The molecule has 2 aromatic heterocycles. The molecule has 344 valence electrons. The van der Waals surface area contributed by atoms with Gasteiger partial charge in [-0.2, -0.15) is 0 Å². The smallest absolute Gasteiger partial charge is 0.145 e. The van der Waals surface area contributed by atoms with Gasteiger partial charge < -0.3 is 13.9 Å². The molecular weight excluding hydrogens is 897 g/mol. The van der Waals surface area contributed by atoms with E-state index in [-0.39, 0.29) is 0 Å². The molecule has 0 unspecified atom stereocenters. The third-order valence-electron chi connectivity index (χ3n) is 16.2. The van der Waals surface area contributed by atoms with Crippen molar-refractivity contribution in [2.45, 2.75) is 5.41 Å². The number of fused-ring (bicyclic) bond motifs is 18. The Morgan fingerprint density at radius 1 is 0.338 bits per heavy atom. The minimum atomic E-state index is -0.463. The van der Waals surface area contributed by atoms with Gasteiger partial charge >= 0.3 is 0 Å². The molecule has 0 saturated carbocycles. The van der Waals surface area contributed by atoms with Crippen LogP contribution in [0.1, 0.15) is 22.3 Å². The summed E-state index contributed by atoms with van der Waals surface area (Å²) in [6, 6.07) is 98.1. The Morgan fingerprint density at radius 3 is 1.57 bits per heavy atom. The van der Waals surface area contributed by atoms with E-state index >= 15 is 0 Å². The number of anilines is 3. The first-order valence-electron chi connectivity index (χ1n) is 25.6. The molecular formula is C71H44N2O. The van der Waals surface area contributed by atoms with E-state index in [1.54, 1.807) is 0 Å². The molecule has 12 aromatic carbocycles. The molecule has 0 atom stereocenters. The Hall–Kier alpha value is -9.70. The zero-order chi connectivity index (χ0) is 48.5. The maximum atomic E-state index is 7.03. The van der Waals surface area contributed by atoms with Crippen LogP contribution in [0.4, 0.5) is 17.1 Å². The lowest BCUT2D eigenvalue weighted by molar-refractivity contribution is 0.670. The number of furan rings is 1. The fourth-order valence-electron chi connectivity index (χ4n) is 13.1. The van der Waals surface area contributed by atoms with E-state index in [0.29, 0.717) is 0 Å². The number of hydrogen-bond donors (Lipinski definition) is 0. The average Bonchev–Trinajstić information content (AvgIpc) is 4.22. The summed E-state index contributed by atoms with van der Waals surface area (Å²) in [5.74, 6) is 0. The van der Waals surface area contributed by atoms with Crippen LogP contribution in [0.15, 0.2) is 271 Å². The molecule has 0 bridgehead atoms. The van der Waals surface area contributed by atoms with Gasteiger partial charge in [0, 0.05) is 44.2 Å². The minimum absolute atomic E-state index is 0.463. The molecule has 3 heteroatoms. The normalized spacial score (nSPS) is 13.0. The summed E-state index contributed by atoms with van der Waals surface area (Å²) in [5.41, 5.74) is 23.0. The van der Waals surface area contributed by atoms with Crippen LogP contribution >= 0.6 is 0 Å². The summed E-state index contributed by atoms with van der Waals surface area (Å²) >= 11 is 0. The van der Waals surface area contributed by atoms with Crippen molar-refractivity contribution in [3.05, 3.63) is 289 Å². The van der Waals surface area contributed by atoms with E-state index in [1.165, 1.54) is 77.2 Å². The average molecular weight is 941 g/mol. The number of para-hydroxylation sites is 2. The van der Waals surface area contributed by atoms with Crippen LogP contribution in [0, 0.1) is 0 Å². The first kappa shape index (κ1) is 41.0. The van der Waals surface area contributed by atoms with Gasteiger partial charge in [-0.1, -0.05) is 206 Å². The van der Waals surface area contributed by atoms with Gasteiger partial charge in [0.05, 0.1) is 27.5 Å². The first-order chi connectivity index (χ1) is 36.7. The van der Waals surface area contributed by atoms with Gasteiger partial charge in [0.1, 0.15) is 11.2 Å². The van der Waals surface area contributed by atoms with Gasteiger partial charge in [0.2, 0.25) is 0 Å². The lowest BCUT2D eigenvalue weighted by Gasteiger charge is -2.32. The van der Waals surface area contributed by atoms with Gasteiger partial charge in [0.15, 0.2) is 0 Å². The van der Waals surface area contributed by atoms with Gasteiger partial charge in [0.25, 0.3) is 0 Å². The van der Waals surface area contributed by atoms with Gasteiger partial charge in [-0.15, -0.1) is 0 Å². The molecule has 0 saturated heterocycles. The van der Waals surface area contributed by atoms with Crippen molar-refractivity contribution in [1.29, 1.82) is 0 Å². The Kier molecular flexibility index (Phi) is 8.66. The van der Waals surface area contributed by atoms with E-state index in [1.807, 2.05) is 0 Å². The van der Waals surface area contributed by atoms with Crippen LogP contribution in [0.2, 0.25) is 0 Å². The molecule has 2 aliphatic carbocycles. The molecule has 1 spiro atoms. The van der Waals surface area contributed by atoms with Crippen LogP contribution in [-0.2, 0) is 5.41 Å². The third kappa shape index (κ3) is 5.66. The lowest BCUT2D eigenvalue weighted by Crippen LogP contribution is -2.26. The van der Waals surface area contributed by atoms with Crippen molar-refractivity contribution in [3.8, 4) is 50.2 Å². The predicted molar refractivity (Wildman–Crippen MR) is 307 cm³/mol. The zero-order valence-corrected chi connectivity index (χ0v) is 40.2. The molecule has 0 amide bonds. The highest BCUT2D eigenvalue weighted by molar-refractivity contribution is 6.28. The fraction of sp³-hybridized carbons (Fsp3) is 0.0141. The number of nitrogens with zero attached hydrogens (tertiary/aromatic N) is 2. The topological polar surface area (TPSA) is 21.3 Å². The molecule has 0 N–H and O–H groups in total. The number of hydrogen-bond acceptors (Lipinski definition) is 2. The van der Waals surface area contributed by atoms with Crippen LogP contribution in [-0.4, -0.2) is 4.57 Å². The highest BCUT2D eigenvalue weighted by Gasteiger charge is 2.51. The van der Waals surface area contributed by atoms with Gasteiger partial charge in [-0.3, -0.25) is 0 Å². The van der Waals surface area contributed by atoms with Crippen LogP contribution in [0.5, 0.6) is 0 Å². The van der Waals surface area contributed by atoms with E-state index in [2.05, 4.69) is 276 Å². The van der Waals surface area contributed by atoms with E-state index in [9.17, 15) is 0 Å². The molecule has 74 heavy (non-hydrogen) atoms. The van der Waals surface area contributed by atoms with E-state index in [0.717, 1.165) is 66.8 Å². The summed E-state index contributed by atoms with van der Waals surface area (Å²) in [4.78, 5) is 2.43. The fourth-order valence-corrected chi connectivity index (χ4v) is 13.1. The predicted octanol–water partition coefficient (Wildman–Crippen LogP) is 19.0. The minimum Gasteiger partial charge on any atom is -0.455 e. The van der Waals surface area contributed by atoms with Crippen molar-refractivity contribution in [2.75, 3.05) is 4.90 Å². The molecule has 0 radical (unpaired) electrons. The summed E-state index contributed by atoms with van der Waals surface area (Å²) in [7, 11) is 0. The van der Waals surface area contributed by atoms with Gasteiger partial charge in [-0.05, 0) is 127 Å². The largest absolute Gasteiger partial charge is 0.455 e. The zero-order valence-electron chi connectivity index (χ0n) is 40.2. The second-order valence-electron chi connectivity index (χ2n) is 19.9. The number of aromatic nitrogens is 1. The molecule has 2 heterocycles. The maximum Gasteiger partial charge on any atom is 0.145 e. The molecule has 0 aliphatic heterocycles. The van der Waals surface area contributed by atoms with Crippen molar-refractivity contribution in [1.82, 2.24) is 4.57 Å². The number of benzene rings is 12. The van der Waals surface area contributed by atoms with Crippen molar-refractivity contribution in [2.24, 2.45) is 0 Å². The summed E-state index contributed by atoms with van der Waals surface area (Å²) in [6.07, 6.45) is 0. The maximum absolute atomic E-state index is 7.03. The van der Waals surface area contributed by atoms with Crippen LogP contribution < -0.4 is 4.90 Å². The Morgan fingerprint density at radius 2 is 0.865 bits per heavy atom. The SMILES string of the molecule is c1ccc(-c2ccc(N(c3ccc(-c4cc5c6ccccc6n(-c6cccc7ccccc67)c5c5c4oc4ccccc45)cc3)c3ccc4c(c3)C3(c5ccccc5-c5ccccc53)c3ccccc3-4)cc2)cc1. The van der Waals surface area contributed by atoms with Crippen LogP contribution in [0.25, 0.3) is 105 Å². The molecule has 2 aliphatic rings. The Balaban J connectivity index is 0.905. The lowest BCUT2D eigenvalue weighted by atomic mass is 9.70. The quantitative estimate of drug-likeness (QED) is 0.166. The Bertz CT molecular complexity index is 4530. The Labute approximate surface area is 428 Å². The highest BCUT2D eigenvalue weighted by Crippen LogP contribution is 2.63. The monoisotopic (exact) mass is 940 g/mol. The summed E-state index contributed by atoms with van der Waals surface area (Å²) < 4.78 is 9.49. The second kappa shape index (κ2) is 15.6. The van der Waals surface area contributed by atoms with Crippen LogP contribution in [0.3, 0.4) is 0 Å². The molecule has 14 aromatic rings. The third-order valence-corrected chi connectivity index (χ3v) is 16.2. The van der Waals surface area contributed by atoms with E-state index < -0.39 is 5.41 Å². The van der Waals surface area contributed by atoms with Crippen molar-refractivity contribution in [3.63, 3.8) is 0 Å². The van der Waals surface area contributed by atoms with Gasteiger partial charge in [-0.25, -0.2) is 0 Å². The molecule has 0 fully saturated rings. The van der Waals surface area contributed by atoms with E-state index in [4.69, 9.17) is 4.42 Å². The highest BCUT2D eigenvalue weighted by atomic mass is 16.3. The standard InChI is InChI=1S/C71H44N2O/c1-2-17-45(18-3-1)46-33-37-49(38-34-46)72(51-41-42-56-55-24-8-13-29-63(55)71(64(56)43-51)61-27-11-6-22-53(61)54-23-7-12-28-62(54)71)50-39-35-48(36-40-50)59-44-60-57-25-9-14-30-66(57)73(65-31-16-20-47-19-4-5-21-52(47)65)69(60)68-58-26-10-15-32-67(58)74-70(59)68/h1-44H. The molecule has 3 nitrogen and oxygen atoms in total. The first-order valence-corrected chi connectivity index (χ1v) is 25.6. The van der Waals surface area contributed by atoms with Crippen molar-refractivity contribution < 1.29 is 4.42 Å². The molecule has 16 rings (SSSR count). The second-order valence-corrected chi connectivity index (χ2v) is 19.9. The van der Waals surface area contributed by atoms with Crippen molar-refractivity contribution >= 4 is 71.6 Å². The summed E-state index contributed by atoms with van der Waals surface area (Å²) in [5, 5.41) is 7.03.